The van der Waals surface area contributed by atoms with Gasteiger partial charge in [-0.1, -0.05) is 29.8 Å². The first-order valence-corrected chi connectivity index (χ1v) is 10.9. The molecule has 0 bridgehead atoms. The number of aryl methyl sites for hydroxylation is 2. The van der Waals surface area contributed by atoms with E-state index in [4.69, 9.17) is 11.6 Å². The summed E-state index contributed by atoms with van der Waals surface area (Å²) in [5, 5.41) is 1.83. The Hall–Kier alpha value is -2.66. The molecule has 0 aliphatic carbocycles. The van der Waals surface area contributed by atoms with Gasteiger partial charge < -0.3 is 9.80 Å². The number of anilines is 1. The number of hydrogen-bond acceptors (Lipinski definition) is 4. The van der Waals surface area contributed by atoms with Gasteiger partial charge in [-0.25, -0.2) is 4.98 Å². The minimum atomic E-state index is 0.157. The molecular weight excluding hydrogens is 396 g/mol. The molecule has 0 unspecified atom stereocenters. The highest BCUT2D eigenvalue weighted by atomic mass is 35.5. The molecular formula is C24H27ClN4O. The van der Waals surface area contributed by atoms with E-state index in [0.717, 1.165) is 49.4 Å². The Morgan fingerprint density at radius 2 is 2.07 bits per heavy atom. The molecule has 1 fully saturated rings. The van der Waals surface area contributed by atoms with Gasteiger partial charge in [-0.05, 0) is 56.0 Å². The molecule has 6 heteroatoms. The molecule has 1 aliphatic heterocycles. The topological polar surface area (TPSA) is 49.3 Å². The molecule has 0 N–H and O–H groups in total. The molecule has 3 aromatic rings. The van der Waals surface area contributed by atoms with Crippen LogP contribution in [0.15, 0.2) is 48.8 Å². The lowest BCUT2D eigenvalue weighted by molar-refractivity contribution is -0.133. The van der Waals surface area contributed by atoms with Crippen LogP contribution in [0.1, 0.15) is 30.9 Å². The number of fused-ring (bicyclic) bond motifs is 1. The largest absolute Gasteiger partial charge is 0.353 e. The van der Waals surface area contributed by atoms with Gasteiger partial charge in [-0.3, -0.25) is 9.78 Å². The Morgan fingerprint density at radius 1 is 1.20 bits per heavy atom. The van der Waals surface area contributed by atoms with Crippen molar-refractivity contribution in [3.63, 3.8) is 0 Å². The molecule has 30 heavy (non-hydrogen) atoms. The van der Waals surface area contributed by atoms with Crippen molar-refractivity contribution in [3.8, 4) is 0 Å². The van der Waals surface area contributed by atoms with Gasteiger partial charge in [0.15, 0.2) is 0 Å². The van der Waals surface area contributed by atoms with Crippen LogP contribution in [0.4, 0.5) is 5.82 Å². The van der Waals surface area contributed by atoms with Gasteiger partial charge in [0.05, 0.1) is 10.5 Å². The second-order valence-corrected chi connectivity index (χ2v) is 8.45. The smallest absolute Gasteiger partial charge is 0.222 e. The number of pyridine rings is 2. The number of carbonyl (C=O) groups excluding carboxylic acids is 1. The van der Waals surface area contributed by atoms with Gasteiger partial charge in [0.1, 0.15) is 5.82 Å². The molecule has 156 valence electrons. The van der Waals surface area contributed by atoms with Crippen molar-refractivity contribution in [2.45, 2.75) is 39.2 Å². The summed E-state index contributed by atoms with van der Waals surface area (Å²) in [7, 11) is 0. The van der Waals surface area contributed by atoms with Crippen LogP contribution in [-0.2, 0) is 11.2 Å². The molecule has 2 aromatic heterocycles. The van der Waals surface area contributed by atoms with Crippen molar-refractivity contribution in [3.05, 3.63) is 64.9 Å². The quantitative estimate of drug-likeness (QED) is 0.600. The van der Waals surface area contributed by atoms with Gasteiger partial charge in [0.25, 0.3) is 0 Å². The highest BCUT2D eigenvalue weighted by molar-refractivity contribution is 6.30. The van der Waals surface area contributed by atoms with Crippen LogP contribution in [0.25, 0.3) is 10.9 Å². The summed E-state index contributed by atoms with van der Waals surface area (Å²) in [5.74, 6) is 1.20. The number of nitrogens with zero attached hydrogens (tertiary/aromatic N) is 4. The first-order valence-electron chi connectivity index (χ1n) is 10.5. The summed E-state index contributed by atoms with van der Waals surface area (Å²) in [6.45, 7) is 6.45. The standard InChI is InChI=1S/C24H27ClN4O/c1-17-14-20(25)15-27-24(17)28-12-13-29(18(2)16-28)23(30)10-4-7-19-6-3-9-22-21(19)8-5-11-26-22/h3,5-6,8-9,11,14-15,18H,4,7,10,12-13,16H2,1-2H3/t18-/m1/s1. The van der Waals surface area contributed by atoms with E-state index in [0.29, 0.717) is 11.4 Å². The third kappa shape index (κ3) is 4.41. The number of aromatic nitrogens is 2. The van der Waals surface area contributed by atoms with Crippen molar-refractivity contribution in [2.24, 2.45) is 0 Å². The van der Waals surface area contributed by atoms with Crippen LogP contribution in [0.3, 0.4) is 0 Å². The van der Waals surface area contributed by atoms with E-state index in [-0.39, 0.29) is 11.9 Å². The third-order valence-corrected chi connectivity index (χ3v) is 6.04. The maximum atomic E-state index is 12.9. The van der Waals surface area contributed by atoms with Crippen molar-refractivity contribution in [1.29, 1.82) is 0 Å². The SMILES string of the molecule is Cc1cc(Cl)cnc1N1CCN(C(=O)CCCc2cccc3ncccc23)[C@H](C)C1. The van der Waals surface area contributed by atoms with E-state index < -0.39 is 0 Å². The monoisotopic (exact) mass is 422 g/mol. The fourth-order valence-electron chi connectivity index (χ4n) is 4.34. The predicted octanol–water partition coefficient (Wildman–Crippen LogP) is 4.65. The van der Waals surface area contributed by atoms with Crippen LogP contribution in [0, 0.1) is 6.92 Å². The van der Waals surface area contributed by atoms with Gasteiger partial charge in [0, 0.05) is 49.9 Å². The fourth-order valence-corrected chi connectivity index (χ4v) is 4.56. The van der Waals surface area contributed by atoms with Crippen molar-refractivity contribution in [1.82, 2.24) is 14.9 Å². The molecule has 1 atom stereocenters. The van der Waals surface area contributed by atoms with Crippen LogP contribution >= 0.6 is 11.6 Å². The summed E-state index contributed by atoms with van der Waals surface area (Å²) in [6.07, 6.45) is 5.81. The van der Waals surface area contributed by atoms with Gasteiger partial charge >= 0.3 is 0 Å². The van der Waals surface area contributed by atoms with Gasteiger partial charge in [-0.2, -0.15) is 0 Å². The lowest BCUT2D eigenvalue weighted by atomic mass is 10.0. The second-order valence-electron chi connectivity index (χ2n) is 8.02. The van der Waals surface area contributed by atoms with E-state index >= 15 is 0 Å². The minimum Gasteiger partial charge on any atom is -0.353 e. The summed E-state index contributed by atoms with van der Waals surface area (Å²) in [4.78, 5) is 26.1. The molecule has 1 saturated heterocycles. The van der Waals surface area contributed by atoms with E-state index in [2.05, 4.69) is 33.9 Å². The number of carbonyl (C=O) groups is 1. The number of amides is 1. The Labute approximate surface area is 182 Å². The van der Waals surface area contributed by atoms with Gasteiger partial charge in [-0.15, -0.1) is 0 Å². The number of piperazine rings is 1. The molecule has 4 rings (SSSR count). The molecule has 1 aliphatic rings. The minimum absolute atomic E-state index is 0.157. The maximum Gasteiger partial charge on any atom is 0.222 e. The number of halogens is 1. The average molecular weight is 423 g/mol. The normalized spacial score (nSPS) is 16.8. The van der Waals surface area contributed by atoms with E-state index in [1.165, 1.54) is 10.9 Å². The average Bonchev–Trinajstić information content (AvgIpc) is 2.74. The molecule has 0 radical (unpaired) electrons. The predicted molar refractivity (Wildman–Crippen MR) is 122 cm³/mol. The molecule has 1 aromatic carbocycles. The zero-order valence-electron chi connectivity index (χ0n) is 17.5. The number of benzene rings is 1. The van der Waals surface area contributed by atoms with Crippen molar-refractivity contribution < 1.29 is 4.79 Å². The van der Waals surface area contributed by atoms with Crippen molar-refractivity contribution >= 4 is 34.2 Å². The lowest BCUT2D eigenvalue weighted by Gasteiger charge is -2.41. The Morgan fingerprint density at radius 3 is 2.87 bits per heavy atom. The Kier molecular flexibility index (Phi) is 6.18. The first kappa shape index (κ1) is 20.6. The number of rotatable bonds is 5. The zero-order chi connectivity index (χ0) is 21.1. The summed E-state index contributed by atoms with van der Waals surface area (Å²) >= 11 is 6.04. The summed E-state index contributed by atoms with van der Waals surface area (Å²) in [6, 6.07) is 12.4. The molecule has 1 amide bonds. The van der Waals surface area contributed by atoms with Crippen LogP contribution < -0.4 is 4.90 Å². The van der Waals surface area contributed by atoms with Crippen LogP contribution in [0.2, 0.25) is 5.02 Å². The maximum absolute atomic E-state index is 12.9. The van der Waals surface area contributed by atoms with Crippen LogP contribution in [-0.4, -0.2) is 46.5 Å². The number of hydrogen-bond donors (Lipinski definition) is 0. The van der Waals surface area contributed by atoms with Crippen molar-refractivity contribution in [2.75, 3.05) is 24.5 Å². The molecule has 0 saturated carbocycles. The van der Waals surface area contributed by atoms with E-state index in [1.807, 2.05) is 42.3 Å². The third-order valence-electron chi connectivity index (χ3n) is 5.84. The highest BCUT2D eigenvalue weighted by Gasteiger charge is 2.28. The molecule has 5 nitrogen and oxygen atoms in total. The second kappa shape index (κ2) is 9.00. The Balaban J connectivity index is 1.33. The van der Waals surface area contributed by atoms with Gasteiger partial charge in [0.2, 0.25) is 5.91 Å². The fraction of sp³-hybridized carbons (Fsp3) is 0.375. The van der Waals surface area contributed by atoms with E-state index in [1.54, 1.807) is 6.20 Å². The lowest BCUT2D eigenvalue weighted by Crippen LogP contribution is -2.54. The molecule has 3 heterocycles. The summed E-state index contributed by atoms with van der Waals surface area (Å²) in [5.41, 5.74) is 3.34. The zero-order valence-corrected chi connectivity index (χ0v) is 18.3. The summed E-state index contributed by atoms with van der Waals surface area (Å²) < 4.78 is 0. The molecule has 0 spiro atoms. The van der Waals surface area contributed by atoms with Crippen LogP contribution in [0.5, 0.6) is 0 Å². The Bertz CT molecular complexity index is 1050. The highest BCUT2D eigenvalue weighted by Crippen LogP contribution is 2.24. The first-order chi connectivity index (χ1) is 14.5. The van der Waals surface area contributed by atoms with E-state index in [9.17, 15) is 4.79 Å².